The second-order valence-corrected chi connectivity index (χ2v) is 4.86. The summed E-state index contributed by atoms with van der Waals surface area (Å²) in [6, 6.07) is 5.89. The number of hydrogen-bond acceptors (Lipinski definition) is 3. The lowest BCUT2D eigenvalue weighted by atomic mass is 10.1. The van der Waals surface area contributed by atoms with Gasteiger partial charge in [0.2, 0.25) is 0 Å². The lowest BCUT2D eigenvalue weighted by Gasteiger charge is -2.20. The molecule has 0 heterocycles. The molecule has 0 aliphatic heterocycles. The van der Waals surface area contributed by atoms with E-state index in [-0.39, 0.29) is 12.1 Å². The van der Waals surface area contributed by atoms with Crippen molar-refractivity contribution < 1.29 is 9.84 Å². The van der Waals surface area contributed by atoms with Crippen molar-refractivity contribution in [3.63, 3.8) is 0 Å². The maximum atomic E-state index is 9.80. The van der Waals surface area contributed by atoms with Crippen molar-refractivity contribution in [3.8, 4) is 5.75 Å². The zero-order valence-corrected chi connectivity index (χ0v) is 11.4. The van der Waals surface area contributed by atoms with Gasteiger partial charge in [0.05, 0.1) is 6.61 Å². The van der Waals surface area contributed by atoms with Gasteiger partial charge in [0.25, 0.3) is 0 Å². The highest BCUT2D eigenvalue weighted by Crippen LogP contribution is 2.27. The van der Waals surface area contributed by atoms with E-state index in [4.69, 9.17) is 4.74 Å². The number of aromatic hydroxyl groups is 1. The molecule has 0 aliphatic rings. The first-order valence-electron chi connectivity index (χ1n) is 5.28. The number of benzene rings is 1. The van der Waals surface area contributed by atoms with E-state index in [1.807, 2.05) is 19.1 Å². The first kappa shape index (κ1) is 13.5. The number of rotatable bonds is 5. The Kier molecular flexibility index (Phi) is 5.25. The lowest BCUT2D eigenvalue weighted by molar-refractivity contribution is 0.167. The molecular weight excluding hydrogens is 270 g/mol. The van der Waals surface area contributed by atoms with Gasteiger partial charge in [-0.25, -0.2) is 0 Å². The molecule has 0 spiro atoms. The van der Waals surface area contributed by atoms with Gasteiger partial charge in [-0.1, -0.05) is 22.0 Å². The van der Waals surface area contributed by atoms with Crippen molar-refractivity contribution in [3.05, 3.63) is 28.2 Å². The van der Waals surface area contributed by atoms with Crippen molar-refractivity contribution in [2.45, 2.75) is 25.9 Å². The molecule has 2 N–H and O–H groups in total. The number of halogens is 1. The summed E-state index contributed by atoms with van der Waals surface area (Å²) in [5.41, 5.74) is 0.895. The molecule has 2 atom stereocenters. The van der Waals surface area contributed by atoms with Gasteiger partial charge in [0.1, 0.15) is 5.75 Å². The van der Waals surface area contributed by atoms with E-state index < -0.39 is 0 Å². The summed E-state index contributed by atoms with van der Waals surface area (Å²) < 4.78 is 5.94. The van der Waals surface area contributed by atoms with Gasteiger partial charge in [-0.05, 0) is 26.0 Å². The normalized spacial score (nSPS) is 14.8. The molecule has 0 bridgehead atoms. The van der Waals surface area contributed by atoms with E-state index >= 15 is 0 Å². The fourth-order valence-corrected chi connectivity index (χ4v) is 2.05. The molecule has 0 fully saturated rings. The summed E-state index contributed by atoms with van der Waals surface area (Å²) in [5.74, 6) is 0.305. The van der Waals surface area contributed by atoms with E-state index in [1.165, 1.54) is 0 Å². The van der Waals surface area contributed by atoms with Gasteiger partial charge in [-0.2, -0.15) is 0 Å². The van der Waals surface area contributed by atoms with Crippen LogP contribution in [0.5, 0.6) is 5.75 Å². The van der Waals surface area contributed by atoms with Crippen LogP contribution < -0.4 is 5.32 Å². The summed E-state index contributed by atoms with van der Waals surface area (Å²) in [7, 11) is 1.68. The molecule has 0 saturated carbocycles. The number of phenolic OH excluding ortho intramolecular Hbond substituents is 1. The Morgan fingerprint density at radius 3 is 2.69 bits per heavy atom. The predicted octanol–water partition coefficient (Wildman–Crippen LogP) is 2.84. The van der Waals surface area contributed by atoms with Gasteiger partial charge < -0.3 is 15.2 Å². The van der Waals surface area contributed by atoms with E-state index in [1.54, 1.807) is 13.2 Å². The van der Waals surface area contributed by atoms with Gasteiger partial charge in [-0.3, -0.25) is 0 Å². The highest BCUT2D eigenvalue weighted by atomic mass is 79.9. The molecule has 3 nitrogen and oxygen atoms in total. The highest BCUT2D eigenvalue weighted by Gasteiger charge is 2.12. The topological polar surface area (TPSA) is 41.5 Å². The molecule has 0 aliphatic carbocycles. The minimum absolute atomic E-state index is 0.0956. The van der Waals surface area contributed by atoms with Crippen LogP contribution in [-0.2, 0) is 4.74 Å². The number of hydrogen-bond donors (Lipinski definition) is 2. The third-order valence-corrected chi connectivity index (χ3v) is 2.90. The SMILES string of the molecule is COCC(C)NC(C)c1ccc(Br)cc1O. The highest BCUT2D eigenvalue weighted by molar-refractivity contribution is 9.10. The third kappa shape index (κ3) is 3.77. The van der Waals surface area contributed by atoms with Crippen molar-refractivity contribution in [1.29, 1.82) is 0 Å². The predicted molar refractivity (Wildman–Crippen MR) is 68.7 cm³/mol. The average molecular weight is 288 g/mol. The van der Waals surface area contributed by atoms with Gasteiger partial charge in [0, 0.05) is 29.2 Å². The number of methoxy groups -OCH3 is 1. The minimum atomic E-state index is 0.0956. The standard InChI is InChI=1S/C12H18BrNO2/c1-8(7-16-3)14-9(2)11-5-4-10(13)6-12(11)15/h4-6,8-9,14-15H,7H2,1-3H3. The lowest BCUT2D eigenvalue weighted by Crippen LogP contribution is -2.32. The van der Waals surface area contributed by atoms with Crippen molar-refractivity contribution in [2.75, 3.05) is 13.7 Å². The van der Waals surface area contributed by atoms with Gasteiger partial charge in [0.15, 0.2) is 0 Å². The van der Waals surface area contributed by atoms with Crippen LogP contribution in [0.15, 0.2) is 22.7 Å². The number of ether oxygens (including phenoxy) is 1. The molecule has 0 aromatic heterocycles. The zero-order valence-electron chi connectivity index (χ0n) is 9.83. The molecule has 4 heteroatoms. The minimum Gasteiger partial charge on any atom is -0.508 e. The maximum absolute atomic E-state index is 9.80. The van der Waals surface area contributed by atoms with E-state index in [0.29, 0.717) is 12.4 Å². The molecule has 1 aromatic carbocycles. The Hall–Kier alpha value is -0.580. The van der Waals surface area contributed by atoms with Crippen LogP contribution in [0, 0.1) is 0 Å². The monoisotopic (exact) mass is 287 g/mol. The Morgan fingerprint density at radius 2 is 2.12 bits per heavy atom. The second-order valence-electron chi connectivity index (χ2n) is 3.95. The fraction of sp³-hybridized carbons (Fsp3) is 0.500. The summed E-state index contributed by atoms with van der Waals surface area (Å²) >= 11 is 3.32. The number of phenols is 1. The average Bonchev–Trinajstić information content (AvgIpc) is 2.17. The molecule has 2 unspecified atom stereocenters. The zero-order chi connectivity index (χ0) is 12.1. The van der Waals surface area contributed by atoms with Crippen molar-refractivity contribution in [1.82, 2.24) is 5.32 Å². The van der Waals surface area contributed by atoms with Crippen LogP contribution in [0.1, 0.15) is 25.5 Å². The third-order valence-electron chi connectivity index (χ3n) is 2.41. The fourth-order valence-electron chi connectivity index (χ4n) is 1.70. The maximum Gasteiger partial charge on any atom is 0.121 e. The first-order chi connectivity index (χ1) is 7.54. The van der Waals surface area contributed by atoms with Gasteiger partial charge in [-0.15, -0.1) is 0 Å². The molecule has 0 saturated heterocycles. The quantitative estimate of drug-likeness (QED) is 0.875. The molecular formula is C12H18BrNO2. The first-order valence-corrected chi connectivity index (χ1v) is 6.07. The summed E-state index contributed by atoms with van der Waals surface area (Å²) in [5, 5.41) is 13.2. The summed E-state index contributed by atoms with van der Waals surface area (Å²) in [6.07, 6.45) is 0. The van der Waals surface area contributed by atoms with Crippen LogP contribution in [0.4, 0.5) is 0 Å². The van der Waals surface area contributed by atoms with Crippen LogP contribution >= 0.6 is 15.9 Å². The Labute approximate surface area is 105 Å². The van der Waals surface area contributed by atoms with E-state index in [9.17, 15) is 5.11 Å². The largest absolute Gasteiger partial charge is 0.508 e. The van der Waals surface area contributed by atoms with Crippen molar-refractivity contribution >= 4 is 15.9 Å². The van der Waals surface area contributed by atoms with E-state index in [0.717, 1.165) is 10.0 Å². The number of nitrogens with one attached hydrogen (secondary N) is 1. The Bertz CT molecular complexity index is 344. The van der Waals surface area contributed by atoms with Crippen LogP contribution in [0.2, 0.25) is 0 Å². The molecule has 1 rings (SSSR count). The van der Waals surface area contributed by atoms with Crippen molar-refractivity contribution in [2.24, 2.45) is 0 Å². The molecule has 0 radical (unpaired) electrons. The molecule has 1 aromatic rings. The Morgan fingerprint density at radius 1 is 1.44 bits per heavy atom. The summed E-state index contributed by atoms with van der Waals surface area (Å²) in [6.45, 7) is 4.73. The van der Waals surface area contributed by atoms with Crippen LogP contribution in [0.3, 0.4) is 0 Å². The molecule has 90 valence electrons. The second kappa shape index (κ2) is 6.23. The molecule has 0 amide bonds. The molecule has 16 heavy (non-hydrogen) atoms. The Balaban J connectivity index is 2.69. The van der Waals surface area contributed by atoms with Gasteiger partial charge >= 0.3 is 0 Å². The van der Waals surface area contributed by atoms with Crippen LogP contribution in [-0.4, -0.2) is 24.9 Å². The summed E-state index contributed by atoms with van der Waals surface area (Å²) in [4.78, 5) is 0. The van der Waals surface area contributed by atoms with E-state index in [2.05, 4.69) is 28.2 Å². The smallest absolute Gasteiger partial charge is 0.121 e. The van der Waals surface area contributed by atoms with Crippen LogP contribution in [0.25, 0.3) is 0 Å².